The van der Waals surface area contributed by atoms with E-state index in [1.54, 1.807) is 7.11 Å². The van der Waals surface area contributed by atoms with Crippen LogP contribution in [0.1, 0.15) is 40.1 Å². The molecule has 3 rings (SSSR count). The van der Waals surface area contributed by atoms with Crippen LogP contribution in [0.3, 0.4) is 0 Å². The lowest BCUT2D eigenvalue weighted by molar-refractivity contribution is 0.0938. The van der Waals surface area contributed by atoms with Gasteiger partial charge in [0.05, 0.1) is 12.0 Å². The summed E-state index contributed by atoms with van der Waals surface area (Å²) in [6.45, 7) is 7.14. The second-order valence-electron chi connectivity index (χ2n) is 6.65. The van der Waals surface area contributed by atoms with E-state index in [9.17, 15) is 4.79 Å². The molecule has 134 valence electrons. The molecule has 5 heteroatoms. The predicted molar refractivity (Wildman–Crippen MR) is 103 cm³/mol. The molecule has 1 saturated heterocycles. The summed E-state index contributed by atoms with van der Waals surface area (Å²) in [7, 11) is 1.68. The Bertz CT molecular complexity index is 711. The number of ether oxygens (including phenoxy) is 1. The molecular weight excluding hydrogens is 332 g/mol. The third kappa shape index (κ3) is 4.05. The fourth-order valence-electron chi connectivity index (χ4n) is 3.56. The summed E-state index contributed by atoms with van der Waals surface area (Å²) in [4.78, 5) is 16.0. The van der Waals surface area contributed by atoms with E-state index in [2.05, 4.69) is 29.3 Å². The molecule has 1 N–H and O–H groups in total. The van der Waals surface area contributed by atoms with Crippen molar-refractivity contribution in [1.29, 1.82) is 0 Å². The van der Waals surface area contributed by atoms with Crippen molar-refractivity contribution in [3.05, 3.63) is 51.7 Å². The Morgan fingerprint density at radius 1 is 1.28 bits per heavy atom. The van der Waals surface area contributed by atoms with E-state index in [1.807, 2.05) is 30.5 Å². The minimum Gasteiger partial charge on any atom is -0.497 e. The van der Waals surface area contributed by atoms with E-state index in [1.165, 1.54) is 16.9 Å². The van der Waals surface area contributed by atoms with Gasteiger partial charge in [0, 0.05) is 25.0 Å². The molecule has 25 heavy (non-hydrogen) atoms. The quantitative estimate of drug-likeness (QED) is 0.857. The minimum absolute atomic E-state index is 0.0503. The van der Waals surface area contributed by atoms with Crippen LogP contribution in [0.15, 0.2) is 35.7 Å². The molecule has 2 aromatic rings. The Morgan fingerprint density at radius 2 is 2.04 bits per heavy atom. The highest BCUT2D eigenvalue weighted by Crippen LogP contribution is 2.30. The van der Waals surface area contributed by atoms with Crippen LogP contribution in [-0.4, -0.2) is 43.6 Å². The first-order chi connectivity index (χ1) is 12.1. The van der Waals surface area contributed by atoms with Gasteiger partial charge in [-0.05, 0) is 54.6 Å². The second-order valence-corrected chi connectivity index (χ2v) is 7.57. The molecule has 1 aromatic heterocycles. The van der Waals surface area contributed by atoms with Crippen LogP contribution in [0, 0.1) is 6.92 Å². The van der Waals surface area contributed by atoms with Crippen LogP contribution in [0.2, 0.25) is 0 Å². The molecule has 1 amide bonds. The normalized spacial score (nSPS) is 20.6. The maximum atomic E-state index is 12.7. The summed E-state index contributed by atoms with van der Waals surface area (Å²) in [6.07, 6.45) is 1.13. The second kappa shape index (κ2) is 8.02. The van der Waals surface area contributed by atoms with Gasteiger partial charge >= 0.3 is 0 Å². The van der Waals surface area contributed by atoms with Gasteiger partial charge in [-0.15, -0.1) is 11.3 Å². The van der Waals surface area contributed by atoms with Gasteiger partial charge in [0.25, 0.3) is 5.91 Å². The monoisotopic (exact) mass is 358 g/mol. The number of rotatable bonds is 6. The lowest BCUT2D eigenvalue weighted by atomic mass is 9.94. The molecule has 4 nitrogen and oxygen atoms in total. The lowest BCUT2D eigenvalue weighted by Crippen LogP contribution is -2.39. The number of nitrogens with zero attached hydrogens (tertiary/aromatic N) is 1. The average molecular weight is 359 g/mol. The van der Waals surface area contributed by atoms with Gasteiger partial charge < -0.3 is 15.0 Å². The molecule has 0 bridgehead atoms. The van der Waals surface area contributed by atoms with Crippen molar-refractivity contribution in [2.45, 2.75) is 32.2 Å². The molecule has 0 saturated carbocycles. The number of aryl methyl sites for hydroxylation is 1. The Labute approximate surface area is 153 Å². The lowest BCUT2D eigenvalue weighted by Gasteiger charge is -2.20. The number of methoxy groups -OCH3 is 1. The molecule has 1 aliphatic heterocycles. The van der Waals surface area contributed by atoms with Gasteiger partial charge in [-0.1, -0.05) is 19.1 Å². The van der Waals surface area contributed by atoms with E-state index in [-0.39, 0.29) is 11.9 Å². The standard InChI is InChI=1S/C20H26N2O2S/c1-4-10-22-12-17(15-5-7-16(24-3)8-6-15)18(13-22)21-20(23)19-14(2)9-11-25-19/h5-9,11,17-18H,4,10,12-13H2,1-3H3,(H,21,23)/t17-,18+/m1/s1. The summed E-state index contributed by atoms with van der Waals surface area (Å²) in [5.74, 6) is 1.22. The number of amides is 1. The van der Waals surface area contributed by atoms with Crippen molar-refractivity contribution in [2.24, 2.45) is 0 Å². The number of carbonyl (C=O) groups excluding carboxylic acids is 1. The van der Waals surface area contributed by atoms with E-state index < -0.39 is 0 Å². The fourth-order valence-corrected chi connectivity index (χ4v) is 4.39. The summed E-state index contributed by atoms with van der Waals surface area (Å²) < 4.78 is 5.27. The van der Waals surface area contributed by atoms with E-state index in [0.717, 1.165) is 42.2 Å². The molecule has 2 heterocycles. The van der Waals surface area contributed by atoms with Crippen LogP contribution in [0.5, 0.6) is 5.75 Å². The van der Waals surface area contributed by atoms with Crippen LogP contribution >= 0.6 is 11.3 Å². The fraction of sp³-hybridized carbons (Fsp3) is 0.450. The van der Waals surface area contributed by atoms with E-state index >= 15 is 0 Å². The molecule has 1 fully saturated rings. The highest BCUT2D eigenvalue weighted by atomic mass is 32.1. The number of benzene rings is 1. The van der Waals surface area contributed by atoms with Gasteiger partial charge in [0.15, 0.2) is 0 Å². The third-order valence-electron chi connectivity index (χ3n) is 4.86. The number of hydrogen-bond acceptors (Lipinski definition) is 4. The Balaban J connectivity index is 1.78. The van der Waals surface area contributed by atoms with Crippen molar-refractivity contribution >= 4 is 17.2 Å². The maximum Gasteiger partial charge on any atom is 0.261 e. The first-order valence-electron chi connectivity index (χ1n) is 8.83. The van der Waals surface area contributed by atoms with Gasteiger partial charge in [0.2, 0.25) is 0 Å². The van der Waals surface area contributed by atoms with Crippen LogP contribution in [-0.2, 0) is 0 Å². The Kier molecular flexibility index (Phi) is 5.76. The van der Waals surface area contributed by atoms with E-state index in [4.69, 9.17) is 4.74 Å². The zero-order valence-electron chi connectivity index (χ0n) is 15.1. The van der Waals surface area contributed by atoms with Crippen molar-refractivity contribution < 1.29 is 9.53 Å². The van der Waals surface area contributed by atoms with Gasteiger partial charge in [-0.2, -0.15) is 0 Å². The molecule has 1 aromatic carbocycles. The molecule has 2 atom stereocenters. The van der Waals surface area contributed by atoms with Gasteiger partial charge in [0.1, 0.15) is 5.75 Å². The van der Waals surface area contributed by atoms with Crippen molar-refractivity contribution in [2.75, 3.05) is 26.7 Å². The number of likely N-dealkylation sites (tertiary alicyclic amines) is 1. The first kappa shape index (κ1) is 18.0. The smallest absolute Gasteiger partial charge is 0.261 e. The Hall–Kier alpha value is -1.85. The summed E-state index contributed by atoms with van der Waals surface area (Å²) in [5.41, 5.74) is 2.31. The van der Waals surface area contributed by atoms with Gasteiger partial charge in [-0.3, -0.25) is 4.79 Å². The summed E-state index contributed by atoms with van der Waals surface area (Å²) >= 11 is 1.51. The molecule has 0 radical (unpaired) electrons. The highest BCUT2D eigenvalue weighted by Gasteiger charge is 2.34. The topological polar surface area (TPSA) is 41.6 Å². The molecule has 0 unspecified atom stereocenters. The SMILES string of the molecule is CCCN1C[C@H](NC(=O)c2sccc2C)[C@@H](c2ccc(OC)cc2)C1. The van der Waals surface area contributed by atoms with Crippen LogP contribution in [0.25, 0.3) is 0 Å². The molecular formula is C20H26N2O2S. The Morgan fingerprint density at radius 3 is 2.64 bits per heavy atom. The van der Waals surface area contributed by atoms with E-state index in [0.29, 0.717) is 5.92 Å². The molecule has 0 aliphatic carbocycles. The molecule has 1 aliphatic rings. The van der Waals surface area contributed by atoms with Crippen LogP contribution in [0.4, 0.5) is 0 Å². The predicted octanol–water partition coefficient (Wildman–Crippen LogP) is 3.67. The van der Waals surface area contributed by atoms with Crippen molar-refractivity contribution in [3.63, 3.8) is 0 Å². The number of thiophene rings is 1. The first-order valence-corrected chi connectivity index (χ1v) is 9.71. The number of hydrogen-bond donors (Lipinski definition) is 1. The largest absolute Gasteiger partial charge is 0.497 e. The summed E-state index contributed by atoms with van der Waals surface area (Å²) in [6, 6.07) is 10.4. The minimum atomic E-state index is 0.0503. The maximum absolute atomic E-state index is 12.7. The number of nitrogens with one attached hydrogen (secondary N) is 1. The zero-order chi connectivity index (χ0) is 17.8. The summed E-state index contributed by atoms with van der Waals surface area (Å²) in [5, 5.41) is 5.26. The van der Waals surface area contributed by atoms with Gasteiger partial charge in [-0.25, -0.2) is 0 Å². The number of carbonyl (C=O) groups is 1. The highest BCUT2D eigenvalue weighted by molar-refractivity contribution is 7.12. The average Bonchev–Trinajstić information content (AvgIpc) is 3.21. The third-order valence-corrected chi connectivity index (χ3v) is 5.88. The van der Waals surface area contributed by atoms with Crippen molar-refractivity contribution in [1.82, 2.24) is 10.2 Å². The van der Waals surface area contributed by atoms with Crippen LogP contribution < -0.4 is 10.1 Å². The van der Waals surface area contributed by atoms with Crippen molar-refractivity contribution in [3.8, 4) is 5.75 Å². The molecule has 0 spiro atoms. The zero-order valence-corrected chi connectivity index (χ0v) is 15.9.